The van der Waals surface area contributed by atoms with Gasteiger partial charge in [-0.1, -0.05) is 24.3 Å². The number of carbonyl (C=O) groups is 1. The second kappa shape index (κ2) is 10.0. The fourth-order valence-electron chi connectivity index (χ4n) is 4.84. The number of likely N-dealkylation sites (tertiary alicyclic amines) is 1. The number of amides is 1. The Balaban J connectivity index is 0.00000259. The van der Waals surface area contributed by atoms with E-state index in [1.807, 2.05) is 28.9 Å². The topological polar surface area (TPSA) is 67.2 Å². The quantitative estimate of drug-likeness (QED) is 0.584. The minimum Gasteiger partial charge on any atom is -0.337 e. The second-order valence-corrected chi connectivity index (χ2v) is 9.14. The van der Waals surface area contributed by atoms with Crippen LogP contribution in [0.1, 0.15) is 52.6 Å². The van der Waals surface area contributed by atoms with E-state index in [0.717, 1.165) is 63.4 Å². The molecular formula is C25H31ClN6O. The first kappa shape index (κ1) is 23.4. The van der Waals surface area contributed by atoms with Gasteiger partial charge in [0, 0.05) is 45.1 Å². The Morgan fingerprint density at radius 3 is 2.61 bits per heavy atom. The molecule has 7 nitrogen and oxygen atoms in total. The molecule has 5 rings (SSSR count). The van der Waals surface area contributed by atoms with Crippen LogP contribution in [0.25, 0.3) is 5.69 Å². The van der Waals surface area contributed by atoms with Crippen molar-refractivity contribution in [2.24, 2.45) is 5.92 Å². The van der Waals surface area contributed by atoms with Gasteiger partial charge in [0.15, 0.2) is 5.69 Å². The molecule has 1 saturated heterocycles. The lowest BCUT2D eigenvalue weighted by atomic mass is 9.97. The molecule has 0 radical (unpaired) electrons. The smallest absolute Gasteiger partial charge is 0.276 e. The lowest BCUT2D eigenvalue weighted by Gasteiger charge is -2.30. The highest BCUT2D eigenvalue weighted by atomic mass is 35.5. The van der Waals surface area contributed by atoms with Crippen molar-refractivity contribution < 1.29 is 4.79 Å². The van der Waals surface area contributed by atoms with Crippen LogP contribution in [0, 0.1) is 12.8 Å². The van der Waals surface area contributed by atoms with Crippen molar-refractivity contribution in [1.29, 1.82) is 0 Å². The number of hydrogen-bond acceptors (Lipinski definition) is 5. The van der Waals surface area contributed by atoms with E-state index in [4.69, 9.17) is 0 Å². The summed E-state index contributed by atoms with van der Waals surface area (Å²) in [6, 6.07) is 10.5. The van der Waals surface area contributed by atoms with E-state index in [9.17, 15) is 4.79 Å². The summed E-state index contributed by atoms with van der Waals surface area (Å²) in [5, 5.41) is 8.72. The van der Waals surface area contributed by atoms with Crippen LogP contribution in [-0.2, 0) is 19.5 Å². The van der Waals surface area contributed by atoms with E-state index < -0.39 is 0 Å². The summed E-state index contributed by atoms with van der Waals surface area (Å²) in [6.07, 6.45) is 6.76. The summed E-state index contributed by atoms with van der Waals surface area (Å²) in [6.45, 7) is 8.62. The number of halogens is 1. The predicted octanol–water partition coefficient (Wildman–Crippen LogP) is 3.82. The molecule has 0 unspecified atom stereocenters. The van der Waals surface area contributed by atoms with Crippen LogP contribution in [0.2, 0.25) is 0 Å². The molecule has 8 heteroatoms. The highest BCUT2D eigenvalue weighted by Crippen LogP contribution is 2.27. The first-order chi connectivity index (χ1) is 15.6. The van der Waals surface area contributed by atoms with Crippen LogP contribution in [0.3, 0.4) is 0 Å². The number of rotatable bonds is 4. The van der Waals surface area contributed by atoms with Gasteiger partial charge < -0.3 is 4.90 Å². The average Bonchev–Trinajstić information content (AvgIpc) is 3.20. The zero-order valence-electron chi connectivity index (χ0n) is 19.3. The van der Waals surface area contributed by atoms with Gasteiger partial charge in [-0.15, -0.1) is 17.5 Å². The lowest BCUT2D eigenvalue weighted by Crippen LogP contribution is -2.38. The van der Waals surface area contributed by atoms with Crippen molar-refractivity contribution in [3.05, 3.63) is 70.8 Å². The molecule has 0 bridgehead atoms. The van der Waals surface area contributed by atoms with Crippen LogP contribution >= 0.6 is 12.4 Å². The van der Waals surface area contributed by atoms with E-state index in [1.54, 1.807) is 0 Å². The number of pyridine rings is 1. The molecule has 1 fully saturated rings. The number of benzene rings is 1. The number of aromatic nitrogens is 4. The van der Waals surface area contributed by atoms with Crippen molar-refractivity contribution in [2.45, 2.75) is 46.2 Å². The van der Waals surface area contributed by atoms with Gasteiger partial charge in [0.1, 0.15) is 0 Å². The van der Waals surface area contributed by atoms with Gasteiger partial charge in [-0.05, 0) is 67.0 Å². The number of fused-ring (bicyclic) bond motifs is 1. The molecule has 3 aromatic rings. The summed E-state index contributed by atoms with van der Waals surface area (Å²) in [4.78, 5) is 21.6. The van der Waals surface area contributed by atoms with Crippen molar-refractivity contribution in [3.8, 4) is 5.69 Å². The molecule has 0 saturated carbocycles. The maximum atomic E-state index is 13.1. The van der Waals surface area contributed by atoms with Gasteiger partial charge >= 0.3 is 0 Å². The van der Waals surface area contributed by atoms with Crippen LogP contribution in [0.5, 0.6) is 0 Å². The van der Waals surface area contributed by atoms with Crippen molar-refractivity contribution in [1.82, 2.24) is 29.8 Å². The highest BCUT2D eigenvalue weighted by Gasteiger charge is 2.27. The molecule has 0 spiro atoms. The van der Waals surface area contributed by atoms with Gasteiger partial charge in [-0.3, -0.25) is 14.7 Å². The van der Waals surface area contributed by atoms with Gasteiger partial charge in [-0.2, -0.15) is 0 Å². The maximum Gasteiger partial charge on any atom is 0.276 e. The van der Waals surface area contributed by atoms with E-state index in [1.165, 1.54) is 16.7 Å². The van der Waals surface area contributed by atoms with Gasteiger partial charge in [0.05, 0.1) is 11.4 Å². The number of hydrogen-bond donors (Lipinski definition) is 0. The van der Waals surface area contributed by atoms with Gasteiger partial charge in [0.25, 0.3) is 5.91 Å². The molecule has 0 N–H and O–H groups in total. The average molecular weight is 467 g/mol. The highest BCUT2D eigenvalue weighted by molar-refractivity contribution is 5.93. The number of piperidine rings is 1. The molecule has 1 amide bonds. The fourth-order valence-corrected chi connectivity index (χ4v) is 4.84. The Bertz CT molecular complexity index is 1110. The largest absolute Gasteiger partial charge is 0.337 e. The zero-order chi connectivity index (χ0) is 22.1. The summed E-state index contributed by atoms with van der Waals surface area (Å²) in [5.74, 6) is 0.693. The Morgan fingerprint density at radius 1 is 1.09 bits per heavy atom. The van der Waals surface area contributed by atoms with E-state index in [0.29, 0.717) is 11.6 Å². The molecule has 174 valence electrons. The van der Waals surface area contributed by atoms with E-state index in [2.05, 4.69) is 57.5 Å². The second-order valence-electron chi connectivity index (χ2n) is 9.14. The Kier molecular flexibility index (Phi) is 7.10. The van der Waals surface area contributed by atoms with E-state index >= 15 is 0 Å². The Morgan fingerprint density at radius 2 is 1.85 bits per heavy atom. The number of carbonyl (C=O) groups excluding carboxylic acids is 1. The summed E-state index contributed by atoms with van der Waals surface area (Å²) >= 11 is 0. The molecule has 0 aliphatic carbocycles. The minimum atomic E-state index is 0. The van der Waals surface area contributed by atoms with Gasteiger partial charge in [-0.25, -0.2) is 4.68 Å². The molecule has 4 heterocycles. The molecule has 2 aromatic heterocycles. The molecule has 1 aromatic carbocycles. The van der Waals surface area contributed by atoms with Crippen molar-refractivity contribution in [3.63, 3.8) is 0 Å². The molecule has 2 aliphatic heterocycles. The Hall–Kier alpha value is -2.77. The molecular weight excluding hydrogens is 436 g/mol. The molecule has 2 aliphatic rings. The summed E-state index contributed by atoms with van der Waals surface area (Å²) in [7, 11) is 0. The van der Waals surface area contributed by atoms with E-state index in [-0.39, 0.29) is 18.3 Å². The first-order valence-electron chi connectivity index (χ1n) is 11.5. The van der Waals surface area contributed by atoms with Gasteiger partial charge in [0.2, 0.25) is 0 Å². The summed E-state index contributed by atoms with van der Waals surface area (Å²) in [5.41, 5.74) is 6.24. The summed E-state index contributed by atoms with van der Waals surface area (Å²) < 4.78 is 1.86. The predicted molar refractivity (Wildman–Crippen MR) is 130 cm³/mol. The zero-order valence-corrected chi connectivity index (χ0v) is 20.1. The van der Waals surface area contributed by atoms with Crippen LogP contribution in [0.15, 0.2) is 42.7 Å². The molecule has 33 heavy (non-hydrogen) atoms. The monoisotopic (exact) mass is 466 g/mol. The normalized spacial score (nSPS) is 16.8. The van der Waals surface area contributed by atoms with Crippen molar-refractivity contribution in [2.75, 3.05) is 19.6 Å². The molecule has 0 atom stereocenters. The lowest BCUT2D eigenvalue weighted by molar-refractivity contribution is 0.0690. The third-order valence-electron chi connectivity index (χ3n) is 6.87. The third-order valence-corrected chi connectivity index (χ3v) is 6.87. The number of nitrogens with zero attached hydrogens (tertiary/aromatic N) is 6. The van der Waals surface area contributed by atoms with Crippen LogP contribution in [0.4, 0.5) is 0 Å². The minimum absolute atomic E-state index is 0. The van der Waals surface area contributed by atoms with Crippen LogP contribution in [-0.4, -0.2) is 55.3 Å². The third kappa shape index (κ3) is 4.80. The fraction of sp³-hybridized carbons (Fsp3) is 0.440. The Labute approximate surface area is 201 Å². The first-order valence-corrected chi connectivity index (χ1v) is 11.5. The van der Waals surface area contributed by atoms with Crippen LogP contribution < -0.4 is 0 Å². The van der Waals surface area contributed by atoms with Crippen molar-refractivity contribution >= 4 is 18.3 Å². The maximum absolute atomic E-state index is 13.1. The SMILES string of the molecule is Cc1c(C(=O)N2CCC(C)CC2)nnn1-c1cccc2c1CCN(Cc1ccncc1)C2.Cl. The standard InChI is InChI=1S/C25H30N6O.ClH/c1-18-8-14-30(15-9-18)25(32)24-19(2)31(28-27-24)23-5-3-4-21-17-29(13-10-22(21)23)16-20-6-11-26-12-7-20;/h3-7,11-12,18H,8-10,13-17H2,1-2H3;1H.